The molecule has 0 spiro atoms. The van der Waals surface area contributed by atoms with Gasteiger partial charge in [0.15, 0.2) is 0 Å². The zero-order chi connectivity index (χ0) is 39.7. The van der Waals surface area contributed by atoms with Gasteiger partial charge in [0.25, 0.3) is 0 Å². The minimum absolute atomic E-state index is 0.460. The van der Waals surface area contributed by atoms with Crippen LogP contribution in [0.25, 0.3) is 43.7 Å². The maximum absolute atomic E-state index is 2.50. The maximum Gasteiger partial charge on any atom is 0.0543 e. The van der Waals surface area contributed by atoms with Gasteiger partial charge >= 0.3 is 0 Å². The Morgan fingerprint density at radius 2 is 0.932 bits per heavy atom. The molecule has 0 saturated carbocycles. The van der Waals surface area contributed by atoms with Crippen molar-refractivity contribution in [3.05, 3.63) is 229 Å². The zero-order valence-corrected chi connectivity index (χ0v) is 33.5. The molecule has 1 aliphatic rings. The minimum Gasteiger partial charge on any atom is -0.344 e. The summed E-state index contributed by atoms with van der Waals surface area (Å²) in [6.07, 6.45) is 0. The zero-order valence-electron chi connectivity index (χ0n) is 33.5. The third kappa shape index (κ3) is 5.42. The van der Waals surface area contributed by atoms with Crippen molar-refractivity contribution >= 4 is 66.7 Å². The monoisotopic (exact) mass is 757 g/mol. The van der Waals surface area contributed by atoms with Gasteiger partial charge < -0.3 is 14.4 Å². The van der Waals surface area contributed by atoms with E-state index in [1.807, 2.05) is 0 Å². The minimum atomic E-state index is -0.460. The molecule has 3 heteroatoms. The predicted octanol–water partition coefficient (Wildman–Crippen LogP) is 15.1. The van der Waals surface area contributed by atoms with Crippen molar-refractivity contribution in [2.45, 2.75) is 19.3 Å². The first-order chi connectivity index (χ1) is 29.0. The van der Waals surface area contributed by atoms with Crippen molar-refractivity contribution in [2.24, 2.45) is 7.05 Å². The van der Waals surface area contributed by atoms with Gasteiger partial charge in [-0.25, -0.2) is 0 Å². The van der Waals surface area contributed by atoms with Gasteiger partial charge in [0.05, 0.1) is 5.69 Å². The maximum atomic E-state index is 2.50. The van der Waals surface area contributed by atoms with E-state index in [2.05, 4.69) is 242 Å². The molecule has 59 heavy (non-hydrogen) atoms. The Labute approximate surface area is 345 Å². The quantitative estimate of drug-likeness (QED) is 0.160. The second kappa shape index (κ2) is 13.6. The van der Waals surface area contributed by atoms with Crippen molar-refractivity contribution < 1.29 is 0 Å². The van der Waals surface area contributed by atoms with Crippen molar-refractivity contribution in [1.82, 2.24) is 4.57 Å². The van der Waals surface area contributed by atoms with Gasteiger partial charge in [-0.3, -0.25) is 0 Å². The van der Waals surface area contributed by atoms with Gasteiger partial charge in [-0.1, -0.05) is 133 Å². The summed E-state index contributed by atoms with van der Waals surface area (Å²) in [5.74, 6) is 0. The molecule has 1 aromatic heterocycles. The van der Waals surface area contributed by atoms with Crippen LogP contribution in [0.15, 0.2) is 206 Å². The Morgan fingerprint density at radius 3 is 1.64 bits per heavy atom. The Balaban J connectivity index is 1.18. The number of nitrogens with zero attached hydrogens (tertiary/aromatic N) is 3. The van der Waals surface area contributed by atoms with Crippen molar-refractivity contribution in [2.75, 3.05) is 9.80 Å². The van der Waals surface area contributed by atoms with Gasteiger partial charge in [0.2, 0.25) is 0 Å². The van der Waals surface area contributed by atoms with Crippen LogP contribution in [0, 0.1) is 6.92 Å². The molecule has 1 atom stereocenters. The fourth-order valence-electron chi connectivity index (χ4n) is 9.77. The number of hydrogen-bond donors (Lipinski definition) is 0. The molecule has 0 aliphatic heterocycles. The van der Waals surface area contributed by atoms with Crippen LogP contribution >= 0.6 is 0 Å². The number of aromatic nitrogens is 1. The van der Waals surface area contributed by atoms with Crippen LogP contribution < -0.4 is 9.80 Å². The highest BCUT2D eigenvalue weighted by Crippen LogP contribution is 2.58. The number of fused-ring (bicyclic) bond motifs is 8. The van der Waals surface area contributed by atoms with E-state index >= 15 is 0 Å². The molecular formula is C56H43N3. The molecule has 9 aromatic carbocycles. The Kier molecular flexibility index (Phi) is 8.06. The lowest BCUT2D eigenvalue weighted by molar-refractivity contribution is 0.714. The van der Waals surface area contributed by atoms with E-state index in [1.165, 1.54) is 66.0 Å². The molecule has 0 bridgehead atoms. The van der Waals surface area contributed by atoms with E-state index in [1.54, 1.807) is 0 Å². The largest absolute Gasteiger partial charge is 0.344 e. The van der Waals surface area contributed by atoms with E-state index in [0.29, 0.717) is 0 Å². The van der Waals surface area contributed by atoms with Gasteiger partial charge in [0.1, 0.15) is 0 Å². The number of anilines is 6. The molecule has 0 N–H and O–H groups in total. The highest BCUT2D eigenvalue weighted by molar-refractivity contribution is 6.13. The van der Waals surface area contributed by atoms with E-state index in [-0.39, 0.29) is 0 Å². The smallest absolute Gasteiger partial charge is 0.0543 e. The third-order valence-electron chi connectivity index (χ3n) is 12.7. The highest BCUT2D eigenvalue weighted by Gasteiger charge is 2.43. The van der Waals surface area contributed by atoms with E-state index in [0.717, 1.165) is 34.1 Å². The normalized spacial score (nSPS) is 14.4. The van der Waals surface area contributed by atoms with Crippen LogP contribution in [0.5, 0.6) is 0 Å². The van der Waals surface area contributed by atoms with E-state index in [4.69, 9.17) is 0 Å². The number of para-hydroxylation sites is 3. The third-order valence-corrected chi connectivity index (χ3v) is 12.7. The number of hydrogen-bond acceptors (Lipinski definition) is 2. The molecule has 1 unspecified atom stereocenters. The summed E-state index contributed by atoms with van der Waals surface area (Å²) in [6, 6.07) is 75.9. The molecular weight excluding hydrogens is 715 g/mol. The Bertz CT molecular complexity index is 3180. The van der Waals surface area contributed by atoms with Gasteiger partial charge in [-0.2, -0.15) is 0 Å². The second-order valence-corrected chi connectivity index (χ2v) is 16.0. The molecule has 11 rings (SSSR count). The first-order valence-electron chi connectivity index (χ1n) is 20.5. The fourth-order valence-corrected chi connectivity index (χ4v) is 9.77. The summed E-state index contributed by atoms with van der Waals surface area (Å²) in [4.78, 5) is 4.86. The highest BCUT2D eigenvalue weighted by atomic mass is 15.1. The van der Waals surface area contributed by atoms with Crippen LogP contribution in [0.3, 0.4) is 0 Å². The van der Waals surface area contributed by atoms with Crippen LogP contribution in [-0.2, 0) is 12.5 Å². The average molecular weight is 758 g/mol. The van der Waals surface area contributed by atoms with E-state index < -0.39 is 5.41 Å². The summed E-state index contributed by atoms with van der Waals surface area (Å²) in [5.41, 5.74) is 16.5. The lowest BCUT2D eigenvalue weighted by atomic mass is 9.73. The molecule has 0 saturated heterocycles. The second-order valence-electron chi connectivity index (χ2n) is 16.0. The standard InChI is InChI=1S/C56H43N3/c1-38-27-29-42(30-28-38)58(40-19-9-5-10-20-40)44-31-33-48-50(36-44)56(2,39-17-7-4-8-18-39)51-37-54(45-23-13-14-25-47(45)55(48)51)59(41-21-11-6-12-22-41)43-32-34-53-49(35-43)46-24-15-16-26-52(46)57(53)3/h4-37H,1-3H3. The summed E-state index contributed by atoms with van der Waals surface area (Å²) in [7, 11) is 2.17. The number of aryl methyl sites for hydroxylation is 2. The SMILES string of the molecule is Cc1ccc(N(c2ccccc2)c2ccc3c(c2)C(C)(c2ccccc2)c2cc(N(c4ccccc4)c4ccc5c(c4)c4ccccc4n5C)c4ccccc4c2-3)cc1. The topological polar surface area (TPSA) is 11.4 Å². The van der Waals surface area contributed by atoms with Crippen molar-refractivity contribution in [3.8, 4) is 11.1 Å². The lowest BCUT2D eigenvalue weighted by Crippen LogP contribution is -2.23. The summed E-state index contributed by atoms with van der Waals surface area (Å²) in [5, 5.41) is 4.97. The Hall–Kier alpha value is -7.36. The van der Waals surface area contributed by atoms with Gasteiger partial charge in [0, 0.05) is 68.1 Å². The molecule has 3 nitrogen and oxygen atoms in total. The first kappa shape index (κ1) is 34.9. The summed E-state index contributed by atoms with van der Waals surface area (Å²) < 4.78 is 2.31. The molecule has 1 heterocycles. The molecule has 282 valence electrons. The van der Waals surface area contributed by atoms with Crippen LogP contribution in [0.4, 0.5) is 34.1 Å². The first-order valence-corrected chi connectivity index (χ1v) is 20.5. The van der Waals surface area contributed by atoms with Crippen LogP contribution in [-0.4, -0.2) is 4.57 Å². The summed E-state index contributed by atoms with van der Waals surface area (Å²) >= 11 is 0. The molecule has 1 aliphatic carbocycles. The number of benzene rings is 9. The Morgan fingerprint density at radius 1 is 0.407 bits per heavy atom. The van der Waals surface area contributed by atoms with E-state index in [9.17, 15) is 0 Å². The van der Waals surface area contributed by atoms with Gasteiger partial charge in [-0.15, -0.1) is 0 Å². The average Bonchev–Trinajstić information content (AvgIpc) is 3.73. The predicted molar refractivity (Wildman–Crippen MR) is 249 cm³/mol. The lowest BCUT2D eigenvalue weighted by Gasteiger charge is -2.32. The van der Waals surface area contributed by atoms with Crippen LogP contribution in [0.1, 0.15) is 29.2 Å². The summed E-state index contributed by atoms with van der Waals surface area (Å²) in [6.45, 7) is 4.58. The van der Waals surface area contributed by atoms with Gasteiger partial charge in [-0.05, 0) is 126 Å². The number of rotatable bonds is 7. The molecule has 0 radical (unpaired) electrons. The van der Waals surface area contributed by atoms with Crippen molar-refractivity contribution in [1.29, 1.82) is 0 Å². The molecule has 0 fully saturated rings. The molecule has 10 aromatic rings. The molecule has 0 amide bonds. The fraction of sp³-hybridized carbons (Fsp3) is 0.0714. The van der Waals surface area contributed by atoms with Crippen molar-refractivity contribution in [3.63, 3.8) is 0 Å². The van der Waals surface area contributed by atoms with Crippen LogP contribution in [0.2, 0.25) is 0 Å².